The predicted molar refractivity (Wildman–Crippen MR) is 137 cm³/mol. The molecule has 1 aromatic heterocycles. The van der Waals surface area contributed by atoms with Gasteiger partial charge in [-0.3, -0.25) is 9.59 Å². The first kappa shape index (κ1) is 26.1. The number of aromatic nitrogens is 1. The van der Waals surface area contributed by atoms with Crippen molar-refractivity contribution in [3.05, 3.63) is 38.2 Å². The summed E-state index contributed by atoms with van der Waals surface area (Å²) in [5.41, 5.74) is -0.517. The van der Waals surface area contributed by atoms with Crippen LogP contribution in [0.3, 0.4) is 0 Å². The fraction of sp³-hybridized carbons (Fsp3) is 0.615. The number of rotatable bonds is 7. The van der Waals surface area contributed by atoms with E-state index in [4.69, 9.17) is 21.1 Å². The number of benzene rings is 1. The lowest BCUT2D eigenvalue weighted by molar-refractivity contribution is -0.157. The second kappa shape index (κ2) is 10.4. The Balaban J connectivity index is 1.71. The third kappa shape index (κ3) is 6.13. The SMILES string of the molecule is CCC(CC(=O)OC(C)(C)C)C1(CC)CCC(Oc2cc3c(Br)c[nH]c(=O)c3cc2Cl)CC1. The van der Waals surface area contributed by atoms with Crippen LogP contribution in [0.5, 0.6) is 5.75 Å². The van der Waals surface area contributed by atoms with Crippen molar-refractivity contribution in [2.75, 3.05) is 0 Å². The molecule has 182 valence electrons. The van der Waals surface area contributed by atoms with Crippen LogP contribution >= 0.6 is 27.5 Å². The molecule has 7 heteroatoms. The number of halogens is 2. The minimum Gasteiger partial charge on any atom is -0.489 e. The van der Waals surface area contributed by atoms with Gasteiger partial charge in [-0.15, -0.1) is 0 Å². The van der Waals surface area contributed by atoms with Gasteiger partial charge in [-0.05, 0) is 85.9 Å². The van der Waals surface area contributed by atoms with Crippen molar-refractivity contribution in [2.24, 2.45) is 11.3 Å². The second-order valence-electron chi connectivity index (χ2n) is 10.2. The van der Waals surface area contributed by atoms with Gasteiger partial charge in [0.2, 0.25) is 0 Å². The molecule has 1 aliphatic rings. The van der Waals surface area contributed by atoms with Gasteiger partial charge in [-0.1, -0.05) is 38.3 Å². The molecule has 0 radical (unpaired) electrons. The molecule has 0 aliphatic heterocycles. The Kier molecular flexibility index (Phi) is 8.21. The van der Waals surface area contributed by atoms with Crippen LogP contribution in [0.25, 0.3) is 10.8 Å². The van der Waals surface area contributed by atoms with E-state index in [1.807, 2.05) is 26.8 Å². The van der Waals surface area contributed by atoms with E-state index in [2.05, 4.69) is 34.8 Å². The van der Waals surface area contributed by atoms with E-state index < -0.39 is 5.60 Å². The number of nitrogens with one attached hydrogen (secondary N) is 1. The van der Waals surface area contributed by atoms with Crippen LogP contribution in [0, 0.1) is 11.3 Å². The van der Waals surface area contributed by atoms with Crippen LogP contribution in [0.2, 0.25) is 5.02 Å². The number of ether oxygens (including phenoxy) is 2. The summed E-state index contributed by atoms with van der Waals surface area (Å²) in [6.45, 7) is 10.1. The Morgan fingerprint density at radius 1 is 1.24 bits per heavy atom. The van der Waals surface area contributed by atoms with Crippen LogP contribution in [-0.4, -0.2) is 22.7 Å². The van der Waals surface area contributed by atoms with Crippen LogP contribution in [-0.2, 0) is 9.53 Å². The molecule has 0 saturated heterocycles. The maximum Gasteiger partial charge on any atom is 0.306 e. The van der Waals surface area contributed by atoms with Crippen molar-refractivity contribution >= 4 is 44.3 Å². The standard InChI is InChI=1S/C26H35BrClNO4/c1-6-16(12-23(30)33-25(3,4)5)26(7-2)10-8-17(9-11-26)32-22-14-18-19(13-21(22)28)24(31)29-15-20(18)27/h13-17H,6-12H2,1-5H3,(H,29,31). The monoisotopic (exact) mass is 539 g/mol. The van der Waals surface area contributed by atoms with E-state index in [9.17, 15) is 9.59 Å². The zero-order chi connectivity index (χ0) is 24.4. The van der Waals surface area contributed by atoms with E-state index in [1.54, 1.807) is 12.3 Å². The summed E-state index contributed by atoms with van der Waals surface area (Å²) in [7, 11) is 0. The van der Waals surface area contributed by atoms with Gasteiger partial charge in [0.15, 0.2) is 0 Å². The normalized spacial score (nSPS) is 22.2. The predicted octanol–water partition coefficient (Wildman–Crippen LogP) is 7.42. The molecule has 1 heterocycles. The summed E-state index contributed by atoms with van der Waals surface area (Å²) in [6, 6.07) is 3.51. The molecule has 1 aromatic carbocycles. The molecule has 1 fully saturated rings. The summed E-state index contributed by atoms with van der Waals surface area (Å²) in [5, 5.41) is 1.75. The van der Waals surface area contributed by atoms with Gasteiger partial charge in [-0.2, -0.15) is 0 Å². The number of fused-ring (bicyclic) bond motifs is 1. The van der Waals surface area contributed by atoms with Crippen LogP contribution in [0.4, 0.5) is 0 Å². The zero-order valence-electron chi connectivity index (χ0n) is 20.2. The quantitative estimate of drug-likeness (QED) is 0.371. The minimum absolute atomic E-state index is 0.0550. The first-order valence-corrected chi connectivity index (χ1v) is 13.0. The molecule has 33 heavy (non-hydrogen) atoms. The molecule has 5 nitrogen and oxygen atoms in total. The first-order chi connectivity index (χ1) is 15.5. The number of esters is 1. The van der Waals surface area contributed by atoms with E-state index in [1.165, 1.54) is 0 Å². The number of carbonyl (C=O) groups is 1. The van der Waals surface area contributed by atoms with Gasteiger partial charge in [0.25, 0.3) is 5.56 Å². The van der Waals surface area contributed by atoms with Gasteiger partial charge in [-0.25, -0.2) is 0 Å². The third-order valence-corrected chi connectivity index (χ3v) is 7.97. The van der Waals surface area contributed by atoms with Crippen LogP contribution in [0.15, 0.2) is 27.6 Å². The van der Waals surface area contributed by atoms with Crippen molar-refractivity contribution in [3.63, 3.8) is 0 Å². The summed E-state index contributed by atoms with van der Waals surface area (Å²) >= 11 is 9.96. The van der Waals surface area contributed by atoms with Gasteiger partial charge in [0.1, 0.15) is 11.4 Å². The van der Waals surface area contributed by atoms with E-state index in [0.29, 0.717) is 28.5 Å². The molecule has 0 spiro atoms. The fourth-order valence-corrected chi connectivity index (χ4v) is 5.86. The van der Waals surface area contributed by atoms with Gasteiger partial charge in [0, 0.05) is 27.9 Å². The first-order valence-electron chi connectivity index (χ1n) is 11.9. The van der Waals surface area contributed by atoms with E-state index >= 15 is 0 Å². The largest absolute Gasteiger partial charge is 0.489 e. The number of carbonyl (C=O) groups excluding carboxylic acids is 1. The summed E-state index contributed by atoms with van der Waals surface area (Å²) < 4.78 is 12.7. The van der Waals surface area contributed by atoms with Gasteiger partial charge >= 0.3 is 5.97 Å². The molecule has 0 amide bonds. The number of hydrogen-bond donors (Lipinski definition) is 1. The lowest BCUT2D eigenvalue weighted by Gasteiger charge is -2.45. The Bertz CT molecular complexity index is 1050. The molecule has 3 rings (SSSR count). The summed E-state index contributed by atoms with van der Waals surface area (Å²) in [6.07, 6.45) is 7.96. The minimum atomic E-state index is -0.459. The summed E-state index contributed by atoms with van der Waals surface area (Å²) in [4.78, 5) is 27.4. The Morgan fingerprint density at radius 2 is 1.91 bits per heavy atom. The molecular formula is C26H35BrClNO4. The highest BCUT2D eigenvalue weighted by atomic mass is 79.9. The van der Waals surface area contributed by atoms with Gasteiger partial charge in [0.05, 0.1) is 11.1 Å². The average Bonchev–Trinajstić information content (AvgIpc) is 2.75. The maximum absolute atomic E-state index is 12.5. The average molecular weight is 541 g/mol. The molecule has 1 unspecified atom stereocenters. The van der Waals surface area contributed by atoms with Crippen molar-refractivity contribution < 1.29 is 14.3 Å². The van der Waals surface area contributed by atoms with Crippen molar-refractivity contribution in [3.8, 4) is 5.75 Å². The molecule has 1 N–H and O–H groups in total. The van der Waals surface area contributed by atoms with Crippen molar-refractivity contribution in [1.29, 1.82) is 0 Å². The smallest absolute Gasteiger partial charge is 0.306 e. The maximum atomic E-state index is 12.5. The fourth-order valence-electron chi connectivity index (χ4n) is 5.21. The highest BCUT2D eigenvalue weighted by Gasteiger charge is 2.41. The van der Waals surface area contributed by atoms with Crippen molar-refractivity contribution in [1.82, 2.24) is 4.98 Å². The number of aromatic amines is 1. The van der Waals surface area contributed by atoms with E-state index in [0.717, 1.165) is 48.4 Å². The lowest BCUT2D eigenvalue weighted by atomic mass is 9.62. The van der Waals surface area contributed by atoms with Crippen molar-refractivity contribution in [2.45, 2.75) is 91.3 Å². The molecule has 1 aliphatic carbocycles. The summed E-state index contributed by atoms with van der Waals surface area (Å²) in [5.74, 6) is 0.791. The zero-order valence-corrected chi connectivity index (χ0v) is 22.6. The van der Waals surface area contributed by atoms with Gasteiger partial charge < -0.3 is 14.5 Å². The number of H-pyrrole nitrogens is 1. The van der Waals surface area contributed by atoms with Crippen LogP contribution < -0.4 is 10.3 Å². The topological polar surface area (TPSA) is 68.4 Å². The Labute approximate surface area is 209 Å². The second-order valence-corrected chi connectivity index (χ2v) is 11.5. The highest BCUT2D eigenvalue weighted by molar-refractivity contribution is 9.10. The highest BCUT2D eigenvalue weighted by Crippen LogP contribution is 2.49. The lowest BCUT2D eigenvalue weighted by Crippen LogP contribution is -2.39. The third-order valence-electron chi connectivity index (χ3n) is 7.02. The van der Waals surface area contributed by atoms with Crippen LogP contribution in [0.1, 0.15) is 79.6 Å². The molecule has 1 atom stereocenters. The van der Waals surface area contributed by atoms with E-state index in [-0.39, 0.29) is 23.0 Å². The number of pyridine rings is 1. The molecule has 1 saturated carbocycles. The Hall–Kier alpha value is -1.53. The molecular weight excluding hydrogens is 506 g/mol. The number of hydrogen-bond acceptors (Lipinski definition) is 4. The molecule has 0 bridgehead atoms. The Morgan fingerprint density at radius 3 is 2.48 bits per heavy atom. The molecule has 2 aromatic rings.